The number of carbonyl (C=O) groups excluding carboxylic acids is 1. The standard InChI is InChI=1S/C21H20N2O4/c1-3-21(4-2)12-17(25)16-11-14(7-10-18(16)26-21)20-22-19(23-27-20)13-5-8-15(24)9-6-13/h5-11,24H,3-4,12H2,1-2H3. The quantitative estimate of drug-likeness (QED) is 0.726. The van der Waals surface area contributed by atoms with Gasteiger partial charge in [0.15, 0.2) is 5.78 Å². The molecular formula is C21H20N2O4. The number of phenolic OH excluding ortho intramolecular Hbond substituents is 1. The van der Waals surface area contributed by atoms with E-state index in [4.69, 9.17) is 9.26 Å². The average Bonchev–Trinajstić information content (AvgIpc) is 3.18. The SMILES string of the molecule is CCC1(CC)CC(=O)c2cc(-c3nc(-c4ccc(O)cc4)no3)ccc2O1. The largest absolute Gasteiger partial charge is 0.508 e. The van der Waals surface area contributed by atoms with Crippen molar-refractivity contribution in [3.05, 3.63) is 48.0 Å². The van der Waals surface area contributed by atoms with Crippen molar-refractivity contribution in [2.45, 2.75) is 38.7 Å². The first-order valence-corrected chi connectivity index (χ1v) is 9.03. The number of ether oxygens (including phenoxy) is 1. The number of hydrogen-bond donors (Lipinski definition) is 1. The summed E-state index contributed by atoms with van der Waals surface area (Å²) in [5.41, 5.74) is 1.54. The zero-order valence-electron chi connectivity index (χ0n) is 15.2. The molecule has 1 aliphatic heterocycles. The Morgan fingerprint density at radius 1 is 1.07 bits per heavy atom. The Labute approximate surface area is 156 Å². The van der Waals surface area contributed by atoms with Gasteiger partial charge in [0, 0.05) is 11.1 Å². The van der Waals surface area contributed by atoms with Crippen molar-refractivity contribution in [2.24, 2.45) is 0 Å². The molecule has 0 fully saturated rings. The van der Waals surface area contributed by atoms with Crippen LogP contribution in [0, 0.1) is 0 Å². The van der Waals surface area contributed by atoms with Crippen molar-refractivity contribution in [3.8, 4) is 34.3 Å². The summed E-state index contributed by atoms with van der Waals surface area (Å²) in [6.45, 7) is 4.08. The van der Waals surface area contributed by atoms with Gasteiger partial charge in [-0.2, -0.15) is 4.98 Å². The third-order valence-electron chi connectivity index (χ3n) is 5.18. The summed E-state index contributed by atoms with van der Waals surface area (Å²) in [6.07, 6.45) is 1.95. The number of phenols is 1. The summed E-state index contributed by atoms with van der Waals surface area (Å²) in [6, 6.07) is 11.9. The molecule has 0 saturated heterocycles. The molecule has 0 spiro atoms. The van der Waals surface area contributed by atoms with Crippen LogP contribution in [0.25, 0.3) is 22.8 Å². The van der Waals surface area contributed by atoms with E-state index in [9.17, 15) is 9.90 Å². The fourth-order valence-electron chi connectivity index (χ4n) is 3.34. The lowest BCUT2D eigenvalue weighted by Gasteiger charge is -2.36. The van der Waals surface area contributed by atoms with Crippen molar-refractivity contribution in [3.63, 3.8) is 0 Å². The predicted molar refractivity (Wildman–Crippen MR) is 99.7 cm³/mol. The summed E-state index contributed by atoms with van der Waals surface area (Å²) in [5.74, 6) is 1.60. The molecule has 27 heavy (non-hydrogen) atoms. The number of ketones is 1. The van der Waals surface area contributed by atoms with E-state index in [-0.39, 0.29) is 11.5 Å². The van der Waals surface area contributed by atoms with Gasteiger partial charge in [-0.25, -0.2) is 0 Å². The van der Waals surface area contributed by atoms with Crippen LogP contribution >= 0.6 is 0 Å². The van der Waals surface area contributed by atoms with Crippen LogP contribution in [0.15, 0.2) is 47.0 Å². The van der Waals surface area contributed by atoms with Gasteiger partial charge in [0.1, 0.15) is 17.1 Å². The van der Waals surface area contributed by atoms with Crippen molar-refractivity contribution >= 4 is 5.78 Å². The Kier molecular flexibility index (Phi) is 4.18. The summed E-state index contributed by atoms with van der Waals surface area (Å²) in [7, 11) is 0. The second-order valence-electron chi connectivity index (χ2n) is 6.77. The highest BCUT2D eigenvalue weighted by molar-refractivity contribution is 6.01. The number of benzene rings is 2. The Morgan fingerprint density at radius 2 is 1.78 bits per heavy atom. The first-order valence-electron chi connectivity index (χ1n) is 9.03. The topological polar surface area (TPSA) is 85.5 Å². The smallest absolute Gasteiger partial charge is 0.258 e. The molecule has 0 unspecified atom stereocenters. The van der Waals surface area contributed by atoms with Crippen LogP contribution in [0.4, 0.5) is 0 Å². The highest BCUT2D eigenvalue weighted by atomic mass is 16.5. The van der Waals surface area contributed by atoms with E-state index >= 15 is 0 Å². The van der Waals surface area contributed by atoms with E-state index in [1.54, 1.807) is 36.4 Å². The fraction of sp³-hybridized carbons (Fsp3) is 0.286. The van der Waals surface area contributed by atoms with Gasteiger partial charge in [0.25, 0.3) is 5.89 Å². The Balaban J connectivity index is 1.66. The van der Waals surface area contributed by atoms with Gasteiger partial charge in [-0.1, -0.05) is 19.0 Å². The molecule has 0 amide bonds. The summed E-state index contributed by atoms with van der Waals surface area (Å²) >= 11 is 0. The van der Waals surface area contributed by atoms with Crippen LogP contribution in [0.2, 0.25) is 0 Å². The van der Waals surface area contributed by atoms with Crippen molar-refractivity contribution < 1.29 is 19.2 Å². The highest BCUT2D eigenvalue weighted by Crippen LogP contribution is 2.39. The average molecular weight is 364 g/mol. The van der Waals surface area contributed by atoms with Crippen LogP contribution in [0.5, 0.6) is 11.5 Å². The first kappa shape index (κ1) is 17.3. The molecule has 2 heterocycles. The van der Waals surface area contributed by atoms with Gasteiger partial charge < -0.3 is 14.4 Å². The molecule has 0 radical (unpaired) electrons. The van der Waals surface area contributed by atoms with Crippen LogP contribution in [0.1, 0.15) is 43.5 Å². The molecule has 0 saturated carbocycles. The molecule has 1 aliphatic rings. The normalized spacial score (nSPS) is 15.3. The van der Waals surface area contributed by atoms with E-state index in [1.807, 2.05) is 19.9 Å². The lowest BCUT2D eigenvalue weighted by Crippen LogP contribution is -2.40. The maximum absolute atomic E-state index is 12.7. The second kappa shape index (κ2) is 6.54. The van der Waals surface area contributed by atoms with E-state index in [0.717, 1.165) is 18.4 Å². The molecular weight excluding hydrogens is 344 g/mol. The molecule has 2 aromatic carbocycles. The van der Waals surface area contributed by atoms with E-state index < -0.39 is 5.60 Å². The zero-order valence-corrected chi connectivity index (χ0v) is 15.2. The van der Waals surface area contributed by atoms with Crippen LogP contribution in [-0.2, 0) is 0 Å². The number of Topliss-reactive ketones (excluding diaryl/α,β-unsaturated/α-hetero) is 1. The van der Waals surface area contributed by atoms with E-state index in [1.165, 1.54) is 0 Å². The predicted octanol–water partition coefficient (Wildman–Crippen LogP) is 4.63. The van der Waals surface area contributed by atoms with Crippen molar-refractivity contribution in [2.75, 3.05) is 0 Å². The number of aromatic hydroxyl groups is 1. The summed E-state index contributed by atoms with van der Waals surface area (Å²) < 4.78 is 11.5. The van der Waals surface area contributed by atoms with E-state index in [0.29, 0.717) is 35.0 Å². The maximum Gasteiger partial charge on any atom is 0.258 e. The second-order valence-corrected chi connectivity index (χ2v) is 6.77. The molecule has 6 nitrogen and oxygen atoms in total. The molecule has 1 aromatic heterocycles. The van der Waals surface area contributed by atoms with Gasteiger partial charge in [-0.05, 0) is 55.3 Å². The lowest BCUT2D eigenvalue weighted by molar-refractivity contribution is 0.0350. The summed E-state index contributed by atoms with van der Waals surface area (Å²) in [4.78, 5) is 17.1. The number of rotatable bonds is 4. The zero-order chi connectivity index (χ0) is 19.0. The number of carbonyl (C=O) groups is 1. The lowest BCUT2D eigenvalue weighted by atomic mass is 9.85. The maximum atomic E-state index is 12.7. The van der Waals surface area contributed by atoms with Gasteiger partial charge in [-0.3, -0.25) is 4.79 Å². The molecule has 3 aromatic rings. The van der Waals surface area contributed by atoms with Crippen LogP contribution in [-0.4, -0.2) is 26.6 Å². The number of hydrogen-bond acceptors (Lipinski definition) is 6. The van der Waals surface area contributed by atoms with Gasteiger partial charge in [0.2, 0.25) is 5.82 Å². The molecule has 1 N–H and O–H groups in total. The van der Waals surface area contributed by atoms with Crippen molar-refractivity contribution in [1.29, 1.82) is 0 Å². The molecule has 6 heteroatoms. The van der Waals surface area contributed by atoms with Crippen LogP contribution in [0.3, 0.4) is 0 Å². The Morgan fingerprint density at radius 3 is 2.48 bits per heavy atom. The fourth-order valence-corrected chi connectivity index (χ4v) is 3.34. The van der Waals surface area contributed by atoms with Crippen LogP contribution < -0.4 is 4.74 Å². The highest BCUT2D eigenvalue weighted by Gasteiger charge is 2.37. The molecule has 0 aliphatic carbocycles. The number of fused-ring (bicyclic) bond motifs is 1. The molecule has 138 valence electrons. The first-order chi connectivity index (χ1) is 13.0. The minimum Gasteiger partial charge on any atom is -0.508 e. The van der Waals surface area contributed by atoms with Gasteiger partial charge in [-0.15, -0.1) is 0 Å². The number of aromatic nitrogens is 2. The summed E-state index contributed by atoms with van der Waals surface area (Å²) in [5, 5.41) is 13.4. The molecule has 0 bridgehead atoms. The minimum absolute atomic E-state index is 0.0695. The molecule has 4 rings (SSSR count). The monoisotopic (exact) mass is 364 g/mol. The third-order valence-corrected chi connectivity index (χ3v) is 5.18. The minimum atomic E-state index is -0.415. The molecule has 0 atom stereocenters. The third kappa shape index (κ3) is 3.07. The number of nitrogens with zero attached hydrogens (tertiary/aromatic N) is 2. The Hall–Kier alpha value is -3.15. The van der Waals surface area contributed by atoms with E-state index in [2.05, 4.69) is 10.1 Å². The van der Waals surface area contributed by atoms with Gasteiger partial charge in [0.05, 0.1) is 12.0 Å². The van der Waals surface area contributed by atoms with Crippen molar-refractivity contribution in [1.82, 2.24) is 10.1 Å². The Bertz CT molecular complexity index is 988. The van der Waals surface area contributed by atoms with Gasteiger partial charge >= 0.3 is 0 Å².